The Kier molecular flexibility index (Phi) is 5.70. The van der Waals surface area contributed by atoms with Gasteiger partial charge in [-0.1, -0.05) is 43.5 Å². The van der Waals surface area contributed by atoms with Crippen LogP contribution in [0.15, 0.2) is 33.9 Å². The lowest BCUT2D eigenvalue weighted by molar-refractivity contribution is 0.655. The highest BCUT2D eigenvalue weighted by Gasteiger charge is 2.18. The number of unbranched alkanes of at least 4 members (excludes halogenated alkanes) is 2. The van der Waals surface area contributed by atoms with E-state index in [1.807, 2.05) is 6.07 Å². The molecule has 7 nitrogen and oxygen atoms in total. The molecule has 0 aliphatic heterocycles. The van der Waals surface area contributed by atoms with E-state index >= 15 is 0 Å². The van der Waals surface area contributed by atoms with Crippen molar-refractivity contribution in [2.75, 3.05) is 11.9 Å². The molecule has 1 aromatic carbocycles. The van der Waals surface area contributed by atoms with E-state index in [2.05, 4.69) is 17.2 Å². The monoisotopic (exact) mass is 389 g/mol. The summed E-state index contributed by atoms with van der Waals surface area (Å²) in [6.07, 6.45) is 3.28. The van der Waals surface area contributed by atoms with Crippen molar-refractivity contribution in [3.8, 4) is 0 Å². The number of imidazole rings is 1. The standard InChI is InChI=1S/C19H24ClN5O2/c1-4-5-6-10-21-18-22-16-15(23(18)2)17(26)25(19(27)24(16)3)12-13-8-7-9-14(20)11-13/h7-9,11H,4-6,10,12H2,1-3H3,(H,21,22). The fourth-order valence-corrected chi connectivity index (χ4v) is 3.35. The van der Waals surface area contributed by atoms with Gasteiger partial charge in [0.15, 0.2) is 11.2 Å². The number of aryl methyl sites for hydroxylation is 2. The number of hydrogen-bond donors (Lipinski definition) is 1. The molecule has 0 radical (unpaired) electrons. The first-order valence-corrected chi connectivity index (χ1v) is 9.46. The molecule has 144 valence electrons. The molecule has 27 heavy (non-hydrogen) atoms. The van der Waals surface area contributed by atoms with Crippen molar-refractivity contribution in [3.05, 3.63) is 55.7 Å². The van der Waals surface area contributed by atoms with Gasteiger partial charge < -0.3 is 9.88 Å². The number of anilines is 1. The number of nitrogens with zero attached hydrogens (tertiary/aromatic N) is 4. The smallest absolute Gasteiger partial charge is 0.332 e. The van der Waals surface area contributed by atoms with Gasteiger partial charge in [-0.25, -0.2) is 4.79 Å². The van der Waals surface area contributed by atoms with E-state index in [9.17, 15) is 9.59 Å². The number of halogens is 1. The molecule has 0 spiro atoms. The topological polar surface area (TPSA) is 73.8 Å². The van der Waals surface area contributed by atoms with E-state index in [0.717, 1.165) is 31.4 Å². The second kappa shape index (κ2) is 8.00. The third-order valence-corrected chi connectivity index (χ3v) is 4.89. The van der Waals surface area contributed by atoms with Crippen molar-refractivity contribution in [2.24, 2.45) is 14.1 Å². The van der Waals surface area contributed by atoms with Crippen LogP contribution in [0.25, 0.3) is 11.2 Å². The maximum atomic E-state index is 13.0. The molecular formula is C19H24ClN5O2. The van der Waals surface area contributed by atoms with Crippen LogP contribution < -0.4 is 16.6 Å². The average molecular weight is 390 g/mol. The van der Waals surface area contributed by atoms with Crippen LogP contribution >= 0.6 is 11.6 Å². The largest absolute Gasteiger partial charge is 0.356 e. The fourth-order valence-electron chi connectivity index (χ4n) is 3.13. The van der Waals surface area contributed by atoms with Crippen LogP contribution in [0.3, 0.4) is 0 Å². The van der Waals surface area contributed by atoms with Gasteiger partial charge in [-0.3, -0.25) is 13.9 Å². The molecular weight excluding hydrogens is 366 g/mol. The summed E-state index contributed by atoms with van der Waals surface area (Å²) in [7, 11) is 3.42. The second-order valence-electron chi connectivity index (χ2n) is 6.66. The van der Waals surface area contributed by atoms with Crippen molar-refractivity contribution in [1.82, 2.24) is 18.7 Å². The van der Waals surface area contributed by atoms with Gasteiger partial charge in [0.2, 0.25) is 5.95 Å². The van der Waals surface area contributed by atoms with Crippen molar-refractivity contribution < 1.29 is 0 Å². The Bertz CT molecular complexity index is 1080. The van der Waals surface area contributed by atoms with E-state index in [1.54, 1.807) is 36.9 Å². The number of hydrogen-bond acceptors (Lipinski definition) is 4. The van der Waals surface area contributed by atoms with E-state index in [4.69, 9.17) is 11.6 Å². The number of nitrogens with one attached hydrogen (secondary N) is 1. The zero-order valence-corrected chi connectivity index (χ0v) is 16.6. The highest BCUT2D eigenvalue weighted by Crippen LogP contribution is 2.15. The molecule has 0 amide bonds. The van der Waals surface area contributed by atoms with Crippen LogP contribution in [0, 0.1) is 0 Å². The molecule has 1 N–H and O–H groups in total. The summed E-state index contributed by atoms with van der Waals surface area (Å²) < 4.78 is 4.35. The number of aromatic nitrogens is 4. The molecule has 3 aromatic rings. The Balaban J connectivity index is 2.05. The lowest BCUT2D eigenvalue weighted by atomic mass is 10.2. The highest BCUT2D eigenvalue weighted by molar-refractivity contribution is 6.30. The zero-order chi connectivity index (χ0) is 19.6. The van der Waals surface area contributed by atoms with Crippen LogP contribution in [0.4, 0.5) is 5.95 Å². The normalized spacial score (nSPS) is 11.3. The molecule has 0 aliphatic rings. The van der Waals surface area contributed by atoms with Crippen molar-refractivity contribution in [2.45, 2.75) is 32.7 Å². The SMILES string of the molecule is CCCCCNc1nc2c(c(=O)n(Cc3cccc(Cl)c3)c(=O)n2C)n1C. The Hall–Kier alpha value is -2.54. The van der Waals surface area contributed by atoms with Crippen molar-refractivity contribution >= 4 is 28.7 Å². The maximum absolute atomic E-state index is 13.0. The van der Waals surface area contributed by atoms with Crippen LogP contribution in [-0.4, -0.2) is 25.2 Å². The molecule has 2 aromatic heterocycles. The second-order valence-corrected chi connectivity index (χ2v) is 7.10. The molecule has 3 rings (SSSR count). The Morgan fingerprint density at radius 1 is 1.15 bits per heavy atom. The Morgan fingerprint density at radius 3 is 2.63 bits per heavy atom. The summed E-state index contributed by atoms with van der Waals surface area (Å²) >= 11 is 6.02. The first-order valence-electron chi connectivity index (χ1n) is 9.08. The summed E-state index contributed by atoms with van der Waals surface area (Å²) in [4.78, 5) is 30.2. The van der Waals surface area contributed by atoms with E-state index in [1.165, 1.54) is 9.13 Å². The van der Waals surface area contributed by atoms with Gasteiger partial charge in [-0.05, 0) is 24.1 Å². The van der Waals surface area contributed by atoms with Crippen LogP contribution in [-0.2, 0) is 20.6 Å². The summed E-state index contributed by atoms with van der Waals surface area (Å²) in [6, 6.07) is 7.15. The maximum Gasteiger partial charge on any atom is 0.332 e. The van der Waals surface area contributed by atoms with Crippen LogP contribution in [0.1, 0.15) is 31.7 Å². The number of rotatable bonds is 7. The molecule has 8 heteroatoms. The minimum atomic E-state index is -0.400. The van der Waals surface area contributed by atoms with Crippen molar-refractivity contribution in [3.63, 3.8) is 0 Å². The lowest BCUT2D eigenvalue weighted by Gasteiger charge is -2.09. The summed E-state index contributed by atoms with van der Waals surface area (Å²) in [5.74, 6) is 0.591. The van der Waals surface area contributed by atoms with E-state index < -0.39 is 5.69 Å². The molecule has 0 bridgehead atoms. The predicted octanol–water partition coefficient (Wildman–Crippen LogP) is 2.74. The summed E-state index contributed by atoms with van der Waals surface area (Å²) in [6.45, 7) is 3.08. The number of benzene rings is 1. The summed E-state index contributed by atoms with van der Waals surface area (Å²) in [5, 5.41) is 3.83. The van der Waals surface area contributed by atoms with Gasteiger partial charge in [-0.15, -0.1) is 0 Å². The van der Waals surface area contributed by atoms with Gasteiger partial charge in [0.25, 0.3) is 5.56 Å². The van der Waals surface area contributed by atoms with Crippen LogP contribution in [0.2, 0.25) is 5.02 Å². The van der Waals surface area contributed by atoms with E-state index in [0.29, 0.717) is 22.1 Å². The zero-order valence-electron chi connectivity index (χ0n) is 15.8. The molecule has 0 unspecified atom stereocenters. The molecule has 0 saturated heterocycles. The molecule has 0 aliphatic carbocycles. The lowest BCUT2D eigenvalue weighted by Crippen LogP contribution is -2.39. The van der Waals surface area contributed by atoms with Gasteiger partial charge in [0.1, 0.15) is 0 Å². The van der Waals surface area contributed by atoms with Gasteiger partial charge in [0, 0.05) is 25.7 Å². The van der Waals surface area contributed by atoms with Gasteiger partial charge in [-0.2, -0.15) is 4.98 Å². The fraction of sp³-hybridized carbons (Fsp3) is 0.421. The van der Waals surface area contributed by atoms with Crippen LogP contribution in [0.5, 0.6) is 0 Å². The third-order valence-electron chi connectivity index (χ3n) is 4.65. The first kappa shape index (κ1) is 19.2. The average Bonchev–Trinajstić information content (AvgIpc) is 2.97. The molecule has 0 saturated carbocycles. The summed E-state index contributed by atoms with van der Waals surface area (Å²) in [5.41, 5.74) is 0.818. The number of fused-ring (bicyclic) bond motifs is 1. The Labute approximate surface area is 162 Å². The minimum absolute atomic E-state index is 0.159. The van der Waals surface area contributed by atoms with Gasteiger partial charge in [0.05, 0.1) is 6.54 Å². The molecule has 0 atom stereocenters. The third kappa shape index (κ3) is 3.78. The minimum Gasteiger partial charge on any atom is -0.356 e. The van der Waals surface area contributed by atoms with E-state index in [-0.39, 0.29) is 12.1 Å². The quantitative estimate of drug-likeness (QED) is 0.630. The first-order chi connectivity index (χ1) is 12.9. The predicted molar refractivity (Wildman–Crippen MR) is 109 cm³/mol. The Morgan fingerprint density at radius 2 is 1.93 bits per heavy atom. The van der Waals surface area contributed by atoms with Crippen molar-refractivity contribution in [1.29, 1.82) is 0 Å². The highest BCUT2D eigenvalue weighted by atomic mass is 35.5. The molecule has 2 heterocycles. The molecule has 0 fully saturated rings. The van der Waals surface area contributed by atoms with Gasteiger partial charge >= 0.3 is 5.69 Å².